The molecule has 3 aromatic carbocycles. The molecular weight excluding hydrogens is 879 g/mol. The van der Waals surface area contributed by atoms with Crippen molar-refractivity contribution in [3.63, 3.8) is 0 Å². The summed E-state index contributed by atoms with van der Waals surface area (Å²) < 4.78 is 2.60. The van der Waals surface area contributed by atoms with Gasteiger partial charge in [-0.1, -0.05) is 124 Å². The molecule has 0 aliphatic rings. The number of nitrogens with zero attached hydrogens (tertiary/aromatic N) is 1. The summed E-state index contributed by atoms with van der Waals surface area (Å²) in [5, 5.41) is 18.4. The van der Waals surface area contributed by atoms with E-state index in [1.54, 1.807) is 11.3 Å². The number of fused-ring (bicyclic) bond motifs is 3. The SMILES string of the molecule is CC(C)Cc1csc2cc(-c3cc(-c4[c-]c5ccccc5c(C(C)(C)C)c4)nc4ccsc34)ccc12.CCC(C)(CC)C(=O)/C=C(\O)C(C)(CC)CC.[Ir]. The molecule has 3 aromatic heterocycles. The molecule has 289 valence electrons. The molecule has 3 heterocycles. The van der Waals surface area contributed by atoms with Crippen LogP contribution < -0.4 is 0 Å². The molecule has 0 unspecified atom stereocenters. The average molecular weight is 937 g/mol. The van der Waals surface area contributed by atoms with Crippen LogP contribution in [0.15, 0.2) is 83.3 Å². The second kappa shape index (κ2) is 17.8. The van der Waals surface area contributed by atoms with Gasteiger partial charge in [-0.05, 0) is 88.4 Å². The molecule has 3 nitrogen and oxygen atoms in total. The largest absolute Gasteiger partial charge is 0.512 e. The monoisotopic (exact) mass is 937 g/mol. The van der Waals surface area contributed by atoms with Crippen LogP contribution in [-0.4, -0.2) is 15.9 Å². The molecule has 0 bridgehead atoms. The summed E-state index contributed by atoms with van der Waals surface area (Å²) in [6.07, 6.45) is 5.88. The first kappa shape index (κ1) is 43.6. The summed E-state index contributed by atoms with van der Waals surface area (Å²) in [6, 6.07) is 26.0. The first-order valence-corrected chi connectivity index (χ1v) is 21.1. The second-order valence-corrected chi connectivity index (χ2v) is 18.4. The van der Waals surface area contributed by atoms with Crippen molar-refractivity contribution in [2.24, 2.45) is 16.7 Å². The van der Waals surface area contributed by atoms with Crippen LogP contribution in [0.5, 0.6) is 0 Å². The summed E-state index contributed by atoms with van der Waals surface area (Å²) in [7, 11) is 0. The van der Waals surface area contributed by atoms with E-state index < -0.39 is 0 Å². The topological polar surface area (TPSA) is 50.2 Å². The van der Waals surface area contributed by atoms with Crippen LogP contribution in [0.4, 0.5) is 0 Å². The van der Waals surface area contributed by atoms with Gasteiger partial charge in [0, 0.05) is 47.4 Å². The van der Waals surface area contributed by atoms with Gasteiger partial charge in [0.15, 0.2) is 5.78 Å². The van der Waals surface area contributed by atoms with Crippen molar-refractivity contribution in [1.82, 2.24) is 4.98 Å². The number of hydrogen-bond donors (Lipinski definition) is 1. The number of pyridine rings is 1. The minimum absolute atomic E-state index is 0. The number of thiophene rings is 2. The third-order valence-corrected chi connectivity index (χ3v) is 13.4. The van der Waals surface area contributed by atoms with E-state index in [0.717, 1.165) is 54.3 Å². The Balaban J connectivity index is 0.000000309. The Kier molecular flexibility index (Phi) is 14.3. The van der Waals surface area contributed by atoms with Crippen molar-refractivity contribution in [3.05, 3.63) is 100 Å². The van der Waals surface area contributed by atoms with Gasteiger partial charge in [-0.3, -0.25) is 9.78 Å². The van der Waals surface area contributed by atoms with Gasteiger partial charge in [0.1, 0.15) is 5.76 Å². The molecule has 6 aromatic rings. The summed E-state index contributed by atoms with van der Waals surface area (Å²) in [6.45, 7) is 23.5. The smallest absolute Gasteiger partial charge is 0.164 e. The normalized spacial score (nSPS) is 12.6. The molecule has 0 amide bonds. The van der Waals surface area contributed by atoms with Crippen LogP contribution in [-0.2, 0) is 36.7 Å². The number of carbonyl (C=O) groups excluding carboxylic acids is 1. The Morgan fingerprint density at radius 1 is 0.852 bits per heavy atom. The molecule has 6 heteroatoms. The molecule has 1 radical (unpaired) electrons. The Morgan fingerprint density at radius 2 is 1.52 bits per heavy atom. The average Bonchev–Trinajstić information content (AvgIpc) is 3.79. The van der Waals surface area contributed by atoms with Gasteiger partial charge in [0.25, 0.3) is 0 Å². The van der Waals surface area contributed by atoms with Crippen molar-refractivity contribution in [2.45, 2.75) is 114 Å². The minimum atomic E-state index is -0.337. The van der Waals surface area contributed by atoms with Crippen LogP contribution in [0.3, 0.4) is 0 Å². The third kappa shape index (κ3) is 9.27. The van der Waals surface area contributed by atoms with Gasteiger partial charge in [0.05, 0.1) is 10.2 Å². The van der Waals surface area contributed by atoms with Gasteiger partial charge >= 0.3 is 0 Å². The van der Waals surface area contributed by atoms with E-state index in [0.29, 0.717) is 5.92 Å². The van der Waals surface area contributed by atoms with Gasteiger partial charge < -0.3 is 5.11 Å². The molecule has 1 N–H and O–H groups in total. The Morgan fingerprint density at radius 3 is 2.15 bits per heavy atom. The van der Waals surface area contributed by atoms with Crippen molar-refractivity contribution >= 4 is 59.5 Å². The zero-order valence-electron chi connectivity index (χ0n) is 34.1. The number of allylic oxidation sites excluding steroid dienone is 2. The van der Waals surface area contributed by atoms with Gasteiger partial charge in [-0.2, -0.15) is 0 Å². The van der Waals surface area contributed by atoms with Crippen LogP contribution in [0, 0.1) is 22.8 Å². The molecule has 0 atom stereocenters. The molecule has 0 aliphatic heterocycles. The fourth-order valence-electron chi connectivity index (χ4n) is 6.83. The number of carbonyl (C=O) groups is 1. The fourth-order valence-corrected chi connectivity index (χ4v) is 8.71. The molecule has 0 spiro atoms. The number of aliphatic hydroxyl groups excluding tert-OH is 1. The molecule has 6 rings (SSSR count). The molecular formula is C48H58IrNO2S2-. The van der Waals surface area contributed by atoms with Crippen LogP contribution in [0.1, 0.15) is 113 Å². The zero-order valence-corrected chi connectivity index (χ0v) is 38.1. The third-order valence-electron chi connectivity index (χ3n) is 11.5. The summed E-state index contributed by atoms with van der Waals surface area (Å²) in [5.74, 6) is 0.945. The fraction of sp³-hybridized carbons (Fsp3) is 0.417. The Bertz CT molecular complexity index is 2240. The van der Waals surface area contributed by atoms with Gasteiger partial charge in [0.2, 0.25) is 0 Å². The maximum atomic E-state index is 12.2. The Labute approximate surface area is 345 Å². The van der Waals surface area contributed by atoms with E-state index in [-0.39, 0.29) is 47.9 Å². The van der Waals surface area contributed by atoms with E-state index >= 15 is 0 Å². The van der Waals surface area contributed by atoms with Crippen LogP contribution >= 0.6 is 22.7 Å². The number of benzene rings is 3. The van der Waals surface area contributed by atoms with E-state index in [2.05, 4.69) is 112 Å². The summed E-state index contributed by atoms with van der Waals surface area (Å²) in [5.41, 5.74) is 7.83. The van der Waals surface area contributed by atoms with Crippen molar-refractivity contribution in [1.29, 1.82) is 0 Å². The van der Waals surface area contributed by atoms with E-state index in [1.165, 1.54) is 48.5 Å². The standard InChI is InChI=1S/C33H30NS2.C15H28O2.Ir/c1-20(2)14-24-19-36-31-17-22(10-11-26(24)31)27-18-30(34-29-12-13-35-32(27)29)23-15-21-8-6-7-9-25(21)28(16-23)33(3,4)5;1-7-14(5,8-2)12(16)11-13(17)15(6,9-3)10-4;/h6-13,16-20H,14H2,1-5H3;11,16H,7-10H2,1-6H3;/q-1;;/b;12-11-;. The molecule has 0 aliphatic carbocycles. The van der Waals surface area contributed by atoms with E-state index in [4.69, 9.17) is 4.98 Å². The number of aliphatic hydroxyl groups is 1. The van der Waals surface area contributed by atoms with Crippen molar-refractivity contribution < 1.29 is 30.0 Å². The summed E-state index contributed by atoms with van der Waals surface area (Å²) >= 11 is 3.63. The molecule has 0 saturated carbocycles. The number of aromatic nitrogens is 1. The first-order valence-electron chi connectivity index (χ1n) is 19.4. The maximum absolute atomic E-state index is 12.2. The van der Waals surface area contributed by atoms with E-state index in [1.807, 2.05) is 52.9 Å². The van der Waals surface area contributed by atoms with Gasteiger partial charge in [-0.15, -0.1) is 51.8 Å². The van der Waals surface area contributed by atoms with Crippen molar-refractivity contribution in [3.8, 4) is 22.4 Å². The number of hydrogen-bond acceptors (Lipinski definition) is 5. The quantitative estimate of drug-likeness (QED) is 0.0800. The second-order valence-electron chi connectivity index (χ2n) is 16.6. The maximum Gasteiger partial charge on any atom is 0.164 e. The predicted octanol–water partition coefficient (Wildman–Crippen LogP) is 14.9. The summed E-state index contributed by atoms with van der Waals surface area (Å²) in [4.78, 5) is 17.3. The van der Waals surface area contributed by atoms with Crippen molar-refractivity contribution in [2.75, 3.05) is 0 Å². The predicted molar refractivity (Wildman–Crippen MR) is 233 cm³/mol. The Hall–Kier alpha value is -3.15. The first-order chi connectivity index (χ1) is 25.1. The minimum Gasteiger partial charge on any atom is -0.512 e. The molecule has 0 fully saturated rings. The number of rotatable bonds is 11. The zero-order chi connectivity index (χ0) is 38.7. The van der Waals surface area contributed by atoms with Gasteiger partial charge in [-0.25, -0.2) is 0 Å². The number of ketones is 1. The van der Waals surface area contributed by atoms with Crippen LogP contribution in [0.25, 0.3) is 53.5 Å². The molecule has 54 heavy (non-hydrogen) atoms. The molecule has 0 saturated heterocycles. The van der Waals surface area contributed by atoms with Crippen LogP contribution in [0.2, 0.25) is 0 Å². The van der Waals surface area contributed by atoms with E-state index in [9.17, 15) is 9.90 Å².